The van der Waals surface area contributed by atoms with E-state index in [1.54, 1.807) is 47.2 Å². The SMILES string of the molecule is COc1ccc(Cn2nc(O[C@@H]3CCCN(C(=O)OC(C)(C)C)C3)c3c(Nc4cccc(C(=O)O)c4)ccnc32)cc1. The maximum Gasteiger partial charge on any atom is 0.410 e. The van der Waals surface area contributed by atoms with Crippen molar-refractivity contribution in [3.8, 4) is 11.6 Å². The molecular formula is C31H35N5O6. The van der Waals surface area contributed by atoms with Gasteiger partial charge >= 0.3 is 12.1 Å². The van der Waals surface area contributed by atoms with Gasteiger partial charge in [-0.1, -0.05) is 18.2 Å². The lowest BCUT2D eigenvalue weighted by molar-refractivity contribution is 0.00732. The Balaban J connectivity index is 1.48. The maximum absolute atomic E-state index is 12.8. The fourth-order valence-electron chi connectivity index (χ4n) is 4.84. The van der Waals surface area contributed by atoms with Crippen LogP contribution in [0.5, 0.6) is 11.6 Å². The van der Waals surface area contributed by atoms with E-state index in [-0.39, 0.29) is 17.8 Å². The van der Waals surface area contributed by atoms with Crippen molar-refractivity contribution >= 4 is 34.5 Å². The Labute approximate surface area is 244 Å². The number of carbonyl (C=O) groups excluding carboxylic acids is 1. The monoisotopic (exact) mass is 573 g/mol. The number of hydrogen-bond donors (Lipinski definition) is 2. The second-order valence-electron chi connectivity index (χ2n) is 11.2. The lowest BCUT2D eigenvalue weighted by Crippen LogP contribution is -2.46. The summed E-state index contributed by atoms with van der Waals surface area (Å²) in [5.41, 5.74) is 2.44. The summed E-state index contributed by atoms with van der Waals surface area (Å²) in [5, 5.41) is 18.3. The molecule has 1 fully saturated rings. The van der Waals surface area contributed by atoms with Gasteiger partial charge in [0.1, 0.15) is 22.8 Å². The molecule has 0 unspecified atom stereocenters. The zero-order chi connectivity index (χ0) is 29.9. The minimum atomic E-state index is -1.01. The minimum Gasteiger partial charge on any atom is -0.497 e. The molecule has 0 radical (unpaired) electrons. The van der Waals surface area contributed by atoms with Crippen molar-refractivity contribution in [2.75, 3.05) is 25.5 Å². The molecule has 4 aromatic rings. The van der Waals surface area contributed by atoms with E-state index in [1.165, 1.54) is 6.07 Å². The number of amides is 1. The summed E-state index contributed by atoms with van der Waals surface area (Å²) >= 11 is 0. The molecule has 1 saturated heterocycles. The number of piperidine rings is 1. The summed E-state index contributed by atoms with van der Waals surface area (Å²) in [6, 6.07) is 16.1. The van der Waals surface area contributed by atoms with Crippen LogP contribution >= 0.6 is 0 Å². The molecular weight excluding hydrogens is 538 g/mol. The fourth-order valence-corrected chi connectivity index (χ4v) is 4.84. The molecule has 2 aromatic carbocycles. The van der Waals surface area contributed by atoms with Gasteiger partial charge in [-0.15, -0.1) is 5.10 Å². The van der Waals surface area contributed by atoms with Crippen molar-refractivity contribution in [1.29, 1.82) is 0 Å². The zero-order valence-corrected chi connectivity index (χ0v) is 24.2. The predicted octanol–water partition coefficient (Wildman–Crippen LogP) is 5.71. The Morgan fingerprint density at radius 3 is 2.62 bits per heavy atom. The highest BCUT2D eigenvalue weighted by atomic mass is 16.6. The quantitative estimate of drug-likeness (QED) is 0.272. The van der Waals surface area contributed by atoms with Crippen LogP contribution < -0.4 is 14.8 Å². The highest BCUT2D eigenvalue weighted by Crippen LogP contribution is 2.35. The normalized spacial score (nSPS) is 15.3. The van der Waals surface area contributed by atoms with Crippen LogP contribution in [0.2, 0.25) is 0 Å². The molecule has 5 rings (SSSR count). The number of likely N-dealkylation sites (tertiary alicyclic amines) is 1. The van der Waals surface area contributed by atoms with Crippen LogP contribution in [-0.4, -0.2) is 68.7 Å². The van der Waals surface area contributed by atoms with Gasteiger partial charge in [-0.05, 0) is 75.6 Å². The second kappa shape index (κ2) is 12.0. The minimum absolute atomic E-state index is 0.168. The molecule has 2 N–H and O–H groups in total. The number of rotatable bonds is 8. The smallest absolute Gasteiger partial charge is 0.410 e. The number of aromatic carboxylic acids is 1. The van der Waals surface area contributed by atoms with Crippen molar-refractivity contribution < 1.29 is 28.9 Å². The van der Waals surface area contributed by atoms with Gasteiger partial charge in [0.2, 0.25) is 5.88 Å². The number of nitrogens with one attached hydrogen (secondary N) is 1. The highest BCUT2D eigenvalue weighted by molar-refractivity contribution is 5.96. The largest absolute Gasteiger partial charge is 0.497 e. The first kappa shape index (κ1) is 28.7. The first-order chi connectivity index (χ1) is 20.1. The van der Waals surface area contributed by atoms with Gasteiger partial charge in [-0.3, -0.25) is 0 Å². The van der Waals surface area contributed by atoms with Crippen molar-refractivity contribution in [3.05, 3.63) is 71.9 Å². The predicted molar refractivity (Wildman–Crippen MR) is 158 cm³/mol. The first-order valence-electron chi connectivity index (χ1n) is 13.8. The Hall–Kier alpha value is -4.80. The van der Waals surface area contributed by atoms with Gasteiger partial charge < -0.3 is 29.5 Å². The van der Waals surface area contributed by atoms with Gasteiger partial charge in [-0.2, -0.15) is 0 Å². The van der Waals surface area contributed by atoms with Crippen LogP contribution in [0.3, 0.4) is 0 Å². The number of methoxy groups -OCH3 is 1. The van der Waals surface area contributed by atoms with E-state index in [1.807, 2.05) is 45.0 Å². The third-order valence-corrected chi connectivity index (χ3v) is 6.79. The molecule has 1 atom stereocenters. The summed E-state index contributed by atoms with van der Waals surface area (Å²) < 4.78 is 19.2. The van der Waals surface area contributed by atoms with Crippen molar-refractivity contribution in [1.82, 2.24) is 19.7 Å². The summed E-state index contributed by atoms with van der Waals surface area (Å²) in [6.45, 7) is 6.93. The van der Waals surface area contributed by atoms with E-state index in [2.05, 4.69) is 10.3 Å². The van der Waals surface area contributed by atoms with E-state index >= 15 is 0 Å². The molecule has 220 valence electrons. The summed E-state index contributed by atoms with van der Waals surface area (Å²) in [6.07, 6.45) is 2.51. The van der Waals surface area contributed by atoms with Crippen LogP contribution in [0, 0.1) is 0 Å². The van der Waals surface area contributed by atoms with Crippen LogP contribution in [0.25, 0.3) is 11.0 Å². The molecule has 0 bridgehead atoms. The molecule has 1 aliphatic rings. The van der Waals surface area contributed by atoms with E-state index in [0.717, 1.165) is 24.2 Å². The second-order valence-corrected chi connectivity index (χ2v) is 11.2. The topological polar surface area (TPSA) is 128 Å². The van der Waals surface area contributed by atoms with E-state index in [0.29, 0.717) is 47.9 Å². The number of carboxylic acid groups (broad SMARTS) is 1. The number of hydrogen-bond acceptors (Lipinski definition) is 8. The van der Waals surface area contributed by atoms with Crippen molar-refractivity contribution in [3.63, 3.8) is 0 Å². The number of anilines is 2. The molecule has 3 heterocycles. The molecule has 11 nitrogen and oxygen atoms in total. The number of nitrogens with zero attached hydrogens (tertiary/aromatic N) is 4. The summed E-state index contributed by atoms with van der Waals surface area (Å²) in [7, 11) is 1.62. The Morgan fingerprint density at radius 1 is 1.12 bits per heavy atom. The van der Waals surface area contributed by atoms with Crippen LogP contribution in [-0.2, 0) is 11.3 Å². The van der Waals surface area contributed by atoms with Gasteiger partial charge in [0.25, 0.3) is 0 Å². The van der Waals surface area contributed by atoms with Gasteiger partial charge in [-0.25, -0.2) is 19.3 Å². The van der Waals surface area contributed by atoms with Gasteiger partial charge in [0, 0.05) is 18.4 Å². The molecule has 1 aliphatic heterocycles. The average Bonchev–Trinajstić information content (AvgIpc) is 3.30. The van der Waals surface area contributed by atoms with Crippen LogP contribution in [0.1, 0.15) is 49.5 Å². The molecule has 0 spiro atoms. The number of pyridine rings is 1. The zero-order valence-electron chi connectivity index (χ0n) is 24.2. The standard InChI is InChI=1S/C31H35N5O6/c1-31(2,3)42-30(39)35-16-6-9-24(19-35)41-28-26-25(33-22-8-5-7-21(17-22)29(37)38)14-15-32-27(26)36(34-28)18-20-10-12-23(40-4)13-11-20/h5,7-8,10-15,17,24H,6,9,16,18-19H2,1-4H3,(H,32,33)(H,37,38)/t24-/m1/s1. The summed E-state index contributed by atoms with van der Waals surface area (Å²) in [4.78, 5) is 30.6. The number of carbonyl (C=O) groups is 2. The van der Waals surface area contributed by atoms with Crippen molar-refractivity contribution in [2.24, 2.45) is 0 Å². The number of benzene rings is 2. The maximum atomic E-state index is 12.8. The molecule has 2 aromatic heterocycles. The van der Waals surface area contributed by atoms with E-state index in [9.17, 15) is 14.7 Å². The van der Waals surface area contributed by atoms with Gasteiger partial charge in [0.05, 0.1) is 31.5 Å². The number of carboxylic acids is 1. The number of fused-ring (bicyclic) bond motifs is 1. The average molecular weight is 574 g/mol. The molecule has 0 aliphatic carbocycles. The Kier molecular flexibility index (Phi) is 8.19. The lowest BCUT2D eigenvalue weighted by atomic mass is 10.1. The Bertz CT molecular complexity index is 1580. The third-order valence-electron chi connectivity index (χ3n) is 6.79. The van der Waals surface area contributed by atoms with Crippen molar-refractivity contribution in [2.45, 2.75) is 51.9 Å². The summed E-state index contributed by atoms with van der Waals surface area (Å²) in [5.74, 6) is 0.120. The fraction of sp³-hybridized carbons (Fsp3) is 0.355. The number of aromatic nitrogens is 3. The third kappa shape index (κ3) is 6.73. The van der Waals surface area contributed by atoms with Gasteiger partial charge in [0.15, 0.2) is 5.65 Å². The first-order valence-corrected chi connectivity index (χ1v) is 13.8. The lowest BCUT2D eigenvalue weighted by Gasteiger charge is -2.33. The van der Waals surface area contributed by atoms with Crippen LogP contribution in [0.4, 0.5) is 16.2 Å². The van der Waals surface area contributed by atoms with E-state index in [4.69, 9.17) is 19.3 Å². The highest BCUT2D eigenvalue weighted by Gasteiger charge is 2.30. The molecule has 42 heavy (non-hydrogen) atoms. The molecule has 0 saturated carbocycles. The molecule has 1 amide bonds. The van der Waals surface area contributed by atoms with Crippen LogP contribution in [0.15, 0.2) is 60.8 Å². The Morgan fingerprint density at radius 2 is 1.90 bits per heavy atom. The van der Waals surface area contributed by atoms with E-state index < -0.39 is 11.6 Å². The number of ether oxygens (including phenoxy) is 3. The molecule has 11 heteroatoms.